The molecule has 0 bridgehead atoms. The molecule has 22 heavy (non-hydrogen) atoms. The van der Waals surface area contributed by atoms with Gasteiger partial charge in [0.15, 0.2) is 5.90 Å². The van der Waals surface area contributed by atoms with Crippen molar-refractivity contribution >= 4 is 5.90 Å². The van der Waals surface area contributed by atoms with Gasteiger partial charge >= 0.3 is 6.18 Å². The molecule has 3 rings (SSSR count). The summed E-state index contributed by atoms with van der Waals surface area (Å²) in [6, 6.07) is 5.28. The molecule has 2 atom stereocenters. The molecule has 0 saturated carbocycles. The zero-order chi connectivity index (χ0) is 15.6. The van der Waals surface area contributed by atoms with Crippen LogP contribution in [0, 0.1) is 5.92 Å². The fraction of sp³-hybridized carbons (Fsp3) is 0.562. The third-order valence-corrected chi connectivity index (χ3v) is 4.13. The maximum atomic E-state index is 12.5. The molecular formula is C16H19F3N2O. The largest absolute Gasteiger partial charge is 0.475 e. The van der Waals surface area contributed by atoms with Gasteiger partial charge in [0.1, 0.15) is 6.10 Å². The average Bonchev–Trinajstić information content (AvgIpc) is 2.96. The van der Waals surface area contributed by atoms with Gasteiger partial charge in [-0.15, -0.1) is 0 Å². The average molecular weight is 312 g/mol. The molecule has 0 spiro atoms. The van der Waals surface area contributed by atoms with Gasteiger partial charge in [-0.25, -0.2) is 0 Å². The summed E-state index contributed by atoms with van der Waals surface area (Å²) in [5.41, 5.74) is 0.227. The minimum absolute atomic E-state index is 0.0614. The molecule has 1 aromatic rings. The lowest BCUT2D eigenvalue weighted by atomic mass is 10.00. The van der Waals surface area contributed by atoms with Crippen molar-refractivity contribution in [1.29, 1.82) is 0 Å². The lowest BCUT2D eigenvalue weighted by Crippen LogP contribution is -2.35. The van der Waals surface area contributed by atoms with Crippen LogP contribution in [0.3, 0.4) is 0 Å². The highest BCUT2D eigenvalue weighted by molar-refractivity contribution is 5.80. The molecule has 2 heterocycles. The first-order chi connectivity index (χ1) is 10.5. The standard InChI is InChI=1S/C16H19F3N2O/c17-16(18,19)13-5-3-11(4-6-13)8-14-10-21-15(22-14)12-2-1-7-20-9-12/h3-6,12,14,20H,1-2,7-10H2. The molecule has 2 aliphatic heterocycles. The second kappa shape index (κ2) is 6.28. The quantitative estimate of drug-likeness (QED) is 0.931. The van der Waals surface area contributed by atoms with Crippen LogP contribution in [-0.4, -0.2) is 31.6 Å². The van der Waals surface area contributed by atoms with Crippen molar-refractivity contribution in [3.8, 4) is 0 Å². The van der Waals surface area contributed by atoms with Crippen molar-refractivity contribution in [3.05, 3.63) is 35.4 Å². The van der Waals surface area contributed by atoms with Crippen LogP contribution in [0.25, 0.3) is 0 Å². The van der Waals surface area contributed by atoms with Gasteiger partial charge in [-0.05, 0) is 37.1 Å². The van der Waals surface area contributed by atoms with Crippen molar-refractivity contribution in [1.82, 2.24) is 5.32 Å². The van der Waals surface area contributed by atoms with E-state index >= 15 is 0 Å². The van der Waals surface area contributed by atoms with Gasteiger partial charge in [0.05, 0.1) is 12.1 Å². The second-order valence-electron chi connectivity index (χ2n) is 5.86. The fourth-order valence-corrected chi connectivity index (χ4v) is 2.92. The number of alkyl halides is 3. The number of hydrogen-bond acceptors (Lipinski definition) is 3. The van der Waals surface area contributed by atoms with E-state index in [9.17, 15) is 13.2 Å². The fourth-order valence-electron chi connectivity index (χ4n) is 2.92. The lowest BCUT2D eigenvalue weighted by Gasteiger charge is -2.23. The number of nitrogens with zero attached hydrogens (tertiary/aromatic N) is 1. The molecule has 2 aliphatic rings. The predicted molar refractivity (Wildman–Crippen MR) is 77.9 cm³/mol. The van der Waals surface area contributed by atoms with Crippen LogP contribution < -0.4 is 5.32 Å². The first kappa shape index (κ1) is 15.3. The summed E-state index contributed by atoms with van der Waals surface area (Å²) in [6.45, 7) is 2.53. The number of benzene rings is 1. The van der Waals surface area contributed by atoms with Crippen LogP contribution in [0.5, 0.6) is 0 Å². The normalized spacial score (nSPS) is 25.7. The minimum atomic E-state index is -4.29. The van der Waals surface area contributed by atoms with Gasteiger partial charge < -0.3 is 10.1 Å². The number of aliphatic imine (C=N–C) groups is 1. The summed E-state index contributed by atoms with van der Waals surface area (Å²) in [4.78, 5) is 4.47. The van der Waals surface area contributed by atoms with Crippen molar-refractivity contribution in [3.63, 3.8) is 0 Å². The predicted octanol–water partition coefficient (Wildman–Crippen LogP) is 3.04. The molecule has 1 N–H and O–H groups in total. The summed E-state index contributed by atoms with van der Waals surface area (Å²) in [7, 11) is 0. The van der Waals surface area contributed by atoms with Crippen LogP contribution in [0.2, 0.25) is 0 Å². The third-order valence-electron chi connectivity index (χ3n) is 4.13. The van der Waals surface area contributed by atoms with Crippen LogP contribution in [-0.2, 0) is 17.3 Å². The number of nitrogens with one attached hydrogen (secondary N) is 1. The number of ether oxygens (including phenoxy) is 1. The molecule has 0 aromatic heterocycles. The molecule has 2 unspecified atom stereocenters. The molecule has 0 aliphatic carbocycles. The SMILES string of the molecule is FC(F)(F)c1ccc(CC2CN=C(C3CCCNC3)O2)cc1. The van der Waals surface area contributed by atoms with Gasteiger partial charge in [0, 0.05) is 18.9 Å². The highest BCUT2D eigenvalue weighted by atomic mass is 19.4. The Balaban J connectivity index is 1.54. The van der Waals surface area contributed by atoms with Crippen molar-refractivity contribution in [2.75, 3.05) is 19.6 Å². The number of halogens is 3. The van der Waals surface area contributed by atoms with Crippen LogP contribution >= 0.6 is 0 Å². The molecular weight excluding hydrogens is 293 g/mol. The van der Waals surface area contributed by atoms with Gasteiger partial charge in [0.2, 0.25) is 0 Å². The Morgan fingerprint density at radius 1 is 1.23 bits per heavy atom. The Hall–Kier alpha value is -1.56. The summed E-state index contributed by atoms with van der Waals surface area (Å²) in [5.74, 6) is 1.15. The Morgan fingerprint density at radius 3 is 2.64 bits per heavy atom. The molecule has 1 saturated heterocycles. The Kier molecular flexibility index (Phi) is 4.38. The van der Waals surface area contributed by atoms with E-state index in [0.29, 0.717) is 18.9 Å². The zero-order valence-corrected chi connectivity index (χ0v) is 12.2. The molecule has 0 amide bonds. The lowest BCUT2D eigenvalue weighted by molar-refractivity contribution is -0.137. The molecule has 0 radical (unpaired) electrons. The highest BCUT2D eigenvalue weighted by Gasteiger charge is 2.31. The van der Waals surface area contributed by atoms with Crippen LogP contribution in [0.4, 0.5) is 13.2 Å². The van der Waals surface area contributed by atoms with E-state index in [1.165, 1.54) is 12.1 Å². The van der Waals surface area contributed by atoms with Gasteiger partial charge in [-0.2, -0.15) is 13.2 Å². The summed E-state index contributed by atoms with van der Waals surface area (Å²) < 4.78 is 43.5. The van der Waals surface area contributed by atoms with E-state index < -0.39 is 11.7 Å². The Morgan fingerprint density at radius 2 is 2.00 bits per heavy atom. The van der Waals surface area contributed by atoms with E-state index in [-0.39, 0.29) is 6.10 Å². The monoisotopic (exact) mass is 312 g/mol. The highest BCUT2D eigenvalue weighted by Crippen LogP contribution is 2.29. The maximum Gasteiger partial charge on any atom is 0.416 e. The topological polar surface area (TPSA) is 33.6 Å². The first-order valence-electron chi connectivity index (χ1n) is 7.60. The molecule has 3 nitrogen and oxygen atoms in total. The first-order valence-corrected chi connectivity index (χ1v) is 7.60. The minimum Gasteiger partial charge on any atom is -0.475 e. The molecule has 1 aromatic carbocycles. The van der Waals surface area contributed by atoms with Gasteiger partial charge in [0.25, 0.3) is 0 Å². The van der Waals surface area contributed by atoms with Gasteiger partial charge in [-0.3, -0.25) is 4.99 Å². The van der Waals surface area contributed by atoms with E-state index in [1.54, 1.807) is 0 Å². The van der Waals surface area contributed by atoms with Crippen molar-refractivity contribution in [2.24, 2.45) is 10.9 Å². The smallest absolute Gasteiger partial charge is 0.416 e. The molecule has 6 heteroatoms. The van der Waals surface area contributed by atoms with Crippen LogP contribution in [0.15, 0.2) is 29.3 Å². The number of rotatable bonds is 3. The Labute approximate surface area is 127 Å². The molecule has 120 valence electrons. The summed E-state index contributed by atoms with van der Waals surface area (Å²) in [6.07, 6.45) is -1.55. The van der Waals surface area contributed by atoms with Gasteiger partial charge in [-0.1, -0.05) is 12.1 Å². The third kappa shape index (κ3) is 3.61. The van der Waals surface area contributed by atoms with E-state index in [1.807, 2.05) is 0 Å². The maximum absolute atomic E-state index is 12.5. The van der Waals surface area contributed by atoms with Crippen LogP contribution in [0.1, 0.15) is 24.0 Å². The zero-order valence-electron chi connectivity index (χ0n) is 12.2. The summed E-state index contributed by atoms with van der Waals surface area (Å²) >= 11 is 0. The van der Waals surface area contributed by atoms with E-state index in [0.717, 1.165) is 49.5 Å². The molecule has 1 fully saturated rings. The van der Waals surface area contributed by atoms with Crippen molar-refractivity contribution in [2.45, 2.75) is 31.5 Å². The second-order valence-corrected chi connectivity index (χ2v) is 5.86. The van der Waals surface area contributed by atoms with Crippen molar-refractivity contribution < 1.29 is 17.9 Å². The number of piperidine rings is 1. The Bertz CT molecular complexity index is 533. The van der Waals surface area contributed by atoms with E-state index in [4.69, 9.17) is 4.74 Å². The van der Waals surface area contributed by atoms with E-state index in [2.05, 4.69) is 10.3 Å². The summed E-state index contributed by atoms with van der Waals surface area (Å²) in [5, 5.41) is 3.33. The number of hydrogen-bond donors (Lipinski definition) is 1.